The predicted molar refractivity (Wildman–Crippen MR) is 105 cm³/mol. The van der Waals surface area contributed by atoms with Crippen molar-refractivity contribution in [2.45, 2.75) is 12.5 Å². The third kappa shape index (κ3) is 3.26. The molecule has 3 nitrogen and oxygen atoms in total. The molecule has 1 N–H and O–H groups in total. The summed E-state index contributed by atoms with van der Waals surface area (Å²) in [6.45, 7) is 4.33. The van der Waals surface area contributed by atoms with E-state index < -0.39 is 0 Å². The van der Waals surface area contributed by atoms with Gasteiger partial charge in [0.1, 0.15) is 0 Å². The molecule has 1 aromatic carbocycles. The Kier molecular flexibility index (Phi) is 4.94. The van der Waals surface area contributed by atoms with Crippen molar-refractivity contribution in [3.63, 3.8) is 0 Å². The zero-order valence-electron chi connectivity index (χ0n) is 13.4. The lowest BCUT2D eigenvalue weighted by atomic mass is 9.99. The summed E-state index contributed by atoms with van der Waals surface area (Å²) in [5.74, 6) is 0. The fourth-order valence-electron chi connectivity index (χ4n) is 3.49. The smallest absolute Gasteiger partial charge is 0.0705 e. The lowest BCUT2D eigenvalue weighted by molar-refractivity contribution is 0.245. The van der Waals surface area contributed by atoms with Crippen LogP contribution >= 0.6 is 27.3 Å². The quantitative estimate of drug-likeness (QED) is 0.702. The number of benzene rings is 1. The predicted octanol–water partition coefficient (Wildman–Crippen LogP) is 4.44. The molecular weight excluding hydrogens is 382 g/mol. The summed E-state index contributed by atoms with van der Waals surface area (Å²) in [6.07, 6.45) is 3.13. The number of hydrogen-bond acceptors (Lipinski definition) is 4. The highest BCUT2D eigenvalue weighted by Gasteiger charge is 2.26. The molecule has 1 unspecified atom stereocenters. The number of thiophene rings is 1. The first-order chi connectivity index (χ1) is 11.8. The number of nitrogens with one attached hydrogen (secondary N) is 1. The molecule has 3 heterocycles. The minimum Gasteiger partial charge on any atom is -0.315 e. The third-order valence-electron chi connectivity index (χ3n) is 4.58. The molecular formula is C19H20BrN3S. The average molecular weight is 402 g/mol. The minimum absolute atomic E-state index is 0.286. The Hall–Kier alpha value is -1.27. The molecule has 1 saturated heterocycles. The highest BCUT2D eigenvalue weighted by atomic mass is 79.9. The fraction of sp³-hybridized carbons (Fsp3) is 0.316. The maximum atomic E-state index is 4.55. The van der Waals surface area contributed by atoms with Gasteiger partial charge in [-0.2, -0.15) is 0 Å². The highest BCUT2D eigenvalue weighted by Crippen LogP contribution is 2.38. The third-order valence-corrected chi connectivity index (χ3v) is 6.26. The van der Waals surface area contributed by atoms with Crippen molar-refractivity contribution in [1.82, 2.24) is 15.2 Å². The van der Waals surface area contributed by atoms with Gasteiger partial charge in [-0.15, -0.1) is 11.3 Å². The molecule has 24 heavy (non-hydrogen) atoms. The minimum atomic E-state index is 0.286. The van der Waals surface area contributed by atoms with Crippen LogP contribution in [0.25, 0.3) is 10.9 Å². The van der Waals surface area contributed by atoms with Gasteiger partial charge in [0, 0.05) is 36.1 Å². The maximum Gasteiger partial charge on any atom is 0.0705 e. The molecule has 0 bridgehead atoms. The number of fused-ring (bicyclic) bond motifs is 1. The Bertz CT molecular complexity index is 819. The first-order valence-electron chi connectivity index (χ1n) is 8.36. The molecule has 1 aliphatic rings. The van der Waals surface area contributed by atoms with E-state index in [2.05, 4.69) is 73.6 Å². The van der Waals surface area contributed by atoms with E-state index >= 15 is 0 Å². The van der Waals surface area contributed by atoms with Crippen LogP contribution in [-0.4, -0.2) is 36.1 Å². The van der Waals surface area contributed by atoms with Gasteiger partial charge in [-0.05, 0) is 58.7 Å². The van der Waals surface area contributed by atoms with Crippen LogP contribution in [0.5, 0.6) is 0 Å². The monoisotopic (exact) mass is 401 g/mol. The summed E-state index contributed by atoms with van der Waals surface area (Å²) in [4.78, 5) is 8.55. The molecule has 124 valence electrons. The van der Waals surface area contributed by atoms with Crippen molar-refractivity contribution in [2.24, 2.45) is 0 Å². The van der Waals surface area contributed by atoms with E-state index in [1.807, 2.05) is 17.5 Å². The zero-order valence-corrected chi connectivity index (χ0v) is 15.8. The number of aromatic nitrogens is 1. The number of rotatable bonds is 3. The summed E-state index contributed by atoms with van der Waals surface area (Å²) < 4.78 is 1.19. The Morgan fingerprint density at radius 2 is 2.00 bits per heavy atom. The van der Waals surface area contributed by atoms with Crippen molar-refractivity contribution >= 4 is 38.2 Å². The van der Waals surface area contributed by atoms with E-state index in [0.717, 1.165) is 31.7 Å². The van der Waals surface area contributed by atoms with E-state index in [-0.39, 0.29) is 6.04 Å². The van der Waals surface area contributed by atoms with Gasteiger partial charge in [-0.25, -0.2) is 0 Å². The van der Waals surface area contributed by atoms with Crippen LogP contribution in [0.3, 0.4) is 0 Å². The van der Waals surface area contributed by atoms with Crippen LogP contribution in [0.2, 0.25) is 0 Å². The number of pyridine rings is 1. The second-order valence-electron chi connectivity index (χ2n) is 6.10. The molecule has 0 amide bonds. The van der Waals surface area contributed by atoms with Crippen molar-refractivity contribution in [2.75, 3.05) is 26.2 Å². The molecule has 3 aromatic rings. The first-order valence-corrected chi connectivity index (χ1v) is 9.97. The summed E-state index contributed by atoms with van der Waals surface area (Å²) in [5.41, 5.74) is 2.43. The maximum absolute atomic E-state index is 4.55. The SMILES string of the molecule is Brc1ccc(C(c2ccnc3ccccc23)N2CCCNCC2)s1. The Labute approximate surface area is 154 Å². The van der Waals surface area contributed by atoms with Crippen molar-refractivity contribution in [3.8, 4) is 0 Å². The molecule has 2 aromatic heterocycles. The van der Waals surface area contributed by atoms with Crippen LogP contribution in [0.1, 0.15) is 22.9 Å². The summed E-state index contributed by atoms with van der Waals surface area (Å²) in [6, 6.07) is 15.4. The van der Waals surface area contributed by atoms with Crippen LogP contribution < -0.4 is 5.32 Å². The molecule has 0 spiro atoms. The Morgan fingerprint density at radius 1 is 1.08 bits per heavy atom. The van der Waals surface area contributed by atoms with Crippen molar-refractivity contribution in [3.05, 3.63) is 62.9 Å². The Balaban J connectivity index is 1.84. The molecule has 4 rings (SSSR count). The molecule has 5 heteroatoms. The molecule has 0 saturated carbocycles. The number of para-hydroxylation sites is 1. The lowest BCUT2D eigenvalue weighted by Gasteiger charge is -2.31. The van der Waals surface area contributed by atoms with Gasteiger partial charge in [0.05, 0.1) is 15.3 Å². The van der Waals surface area contributed by atoms with E-state index in [1.54, 1.807) is 0 Å². The molecule has 1 aliphatic heterocycles. The highest BCUT2D eigenvalue weighted by molar-refractivity contribution is 9.11. The van der Waals surface area contributed by atoms with Gasteiger partial charge < -0.3 is 5.32 Å². The number of hydrogen-bond donors (Lipinski definition) is 1. The molecule has 0 radical (unpaired) electrons. The van der Waals surface area contributed by atoms with Gasteiger partial charge in [-0.3, -0.25) is 9.88 Å². The first kappa shape index (κ1) is 16.2. The van der Waals surface area contributed by atoms with E-state index in [9.17, 15) is 0 Å². The van der Waals surface area contributed by atoms with Crippen LogP contribution in [-0.2, 0) is 0 Å². The van der Waals surface area contributed by atoms with E-state index in [1.165, 1.54) is 26.0 Å². The van der Waals surface area contributed by atoms with Gasteiger partial charge in [0.25, 0.3) is 0 Å². The van der Waals surface area contributed by atoms with E-state index in [0.29, 0.717) is 0 Å². The van der Waals surface area contributed by atoms with Gasteiger partial charge in [0.2, 0.25) is 0 Å². The number of nitrogens with zero attached hydrogens (tertiary/aromatic N) is 2. The summed E-state index contributed by atoms with van der Waals surface area (Å²) in [7, 11) is 0. The van der Waals surface area contributed by atoms with Gasteiger partial charge >= 0.3 is 0 Å². The largest absolute Gasteiger partial charge is 0.315 e. The van der Waals surface area contributed by atoms with Gasteiger partial charge in [0.15, 0.2) is 0 Å². The lowest BCUT2D eigenvalue weighted by Crippen LogP contribution is -2.32. The number of halogens is 1. The molecule has 0 aliphatic carbocycles. The van der Waals surface area contributed by atoms with Crippen LogP contribution in [0.4, 0.5) is 0 Å². The summed E-state index contributed by atoms with van der Waals surface area (Å²) in [5, 5.41) is 4.77. The van der Waals surface area contributed by atoms with E-state index in [4.69, 9.17) is 0 Å². The van der Waals surface area contributed by atoms with Crippen LogP contribution in [0.15, 0.2) is 52.4 Å². The summed E-state index contributed by atoms with van der Waals surface area (Å²) >= 11 is 5.47. The topological polar surface area (TPSA) is 28.2 Å². The Morgan fingerprint density at radius 3 is 2.88 bits per heavy atom. The second-order valence-corrected chi connectivity index (χ2v) is 8.60. The van der Waals surface area contributed by atoms with Crippen LogP contribution in [0, 0.1) is 0 Å². The fourth-order valence-corrected chi connectivity index (χ4v) is 5.06. The normalized spacial score (nSPS) is 17.7. The molecule has 1 fully saturated rings. The van der Waals surface area contributed by atoms with Crippen molar-refractivity contribution in [1.29, 1.82) is 0 Å². The van der Waals surface area contributed by atoms with Crippen molar-refractivity contribution < 1.29 is 0 Å². The van der Waals surface area contributed by atoms with Gasteiger partial charge in [-0.1, -0.05) is 18.2 Å². The standard InChI is InChI=1S/C19H20BrN3S/c20-18-7-6-17(24-18)19(23-12-3-9-21-11-13-23)15-8-10-22-16-5-2-1-4-14(15)16/h1-2,4-8,10,19,21H,3,9,11-13H2. The second kappa shape index (κ2) is 7.31. The molecule has 1 atom stereocenters. The zero-order chi connectivity index (χ0) is 16.4. The average Bonchev–Trinajstić information content (AvgIpc) is 2.86.